The number of hydrogen-bond donors (Lipinski definition) is 3. The molecule has 0 bridgehead atoms. The predicted octanol–water partition coefficient (Wildman–Crippen LogP) is 4.34. The first-order valence-electron chi connectivity index (χ1n) is 11.0. The number of amides is 1. The zero-order valence-electron chi connectivity index (χ0n) is 18.7. The Kier molecular flexibility index (Phi) is 6.20. The van der Waals surface area contributed by atoms with Gasteiger partial charge >= 0.3 is 0 Å². The zero-order valence-corrected chi connectivity index (χ0v) is 19.5. The van der Waals surface area contributed by atoms with E-state index in [0.29, 0.717) is 24.4 Å². The Morgan fingerprint density at radius 3 is 2.68 bits per heavy atom. The molecule has 0 aliphatic carbocycles. The number of hydrogen-bond acceptors (Lipinski definition) is 6. The van der Waals surface area contributed by atoms with Crippen LogP contribution >= 0.6 is 11.3 Å². The number of aryl methyl sites for hydroxylation is 5. The second kappa shape index (κ2) is 9.58. The van der Waals surface area contributed by atoms with E-state index >= 15 is 0 Å². The van der Waals surface area contributed by atoms with E-state index in [1.807, 2.05) is 12.1 Å². The quantitative estimate of drug-likeness (QED) is 0.230. The number of nitrogens with zero attached hydrogens (tertiary/aromatic N) is 4. The highest BCUT2D eigenvalue weighted by Gasteiger charge is 2.21. The van der Waals surface area contributed by atoms with Crippen molar-refractivity contribution in [2.75, 3.05) is 0 Å². The van der Waals surface area contributed by atoms with Gasteiger partial charge < -0.3 is 4.57 Å². The van der Waals surface area contributed by atoms with E-state index in [1.165, 1.54) is 16.7 Å². The molecule has 172 valence electrons. The molecule has 3 N–H and O–H groups in total. The maximum absolute atomic E-state index is 12.2. The van der Waals surface area contributed by atoms with Crippen LogP contribution in [0, 0.1) is 6.92 Å². The van der Waals surface area contributed by atoms with Crippen molar-refractivity contribution in [2.45, 2.75) is 32.7 Å². The van der Waals surface area contributed by atoms with Crippen LogP contribution in [0.2, 0.25) is 0 Å². The minimum Gasteiger partial charge on any atom is -0.340 e. The summed E-state index contributed by atoms with van der Waals surface area (Å²) in [6.45, 7) is 2.75. The van der Waals surface area contributed by atoms with Crippen molar-refractivity contribution in [1.29, 1.82) is 0 Å². The molecule has 8 nitrogen and oxygen atoms in total. The first kappa shape index (κ1) is 22.0. The van der Waals surface area contributed by atoms with Gasteiger partial charge in [0.15, 0.2) is 5.82 Å². The standard InChI is InChI=1S/C25H24N6O2S/c1-16-2-4-17(5-3-16)6-8-20-21-14-18(25(32)28-33)7-9-22(21)31(12-10-23-26-29-30-27-23)24(20)19-11-13-34-15-19/h2-5,7,9,11,13-15,33H,6,8,10,12H2,1H3,(H,28,32)(H,26,27,29,30). The second-order valence-electron chi connectivity index (χ2n) is 8.23. The normalized spacial score (nSPS) is 11.2. The number of benzene rings is 2. The van der Waals surface area contributed by atoms with Gasteiger partial charge in [0.25, 0.3) is 5.91 Å². The fourth-order valence-electron chi connectivity index (χ4n) is 4.37. The molecule has 0 aliphatic heterocycles. The van der Waals surface area contributed by atoms with Crippen molar-refractivity contribution in [2.24, 2.45) is 0 Å². The van der Waals surface area contributed by atoms with E-state index in [4.69, 9.17) is 0 Å². The Labute approximate surface area is 200 Å². The molecule has 0 saturated heterocycles. The molecular weight excluding hydrogens is 448 g/mol. The minimum atomic E-state index is -0.525. The van der Waals surface area contributed by atoms with Crippen LogP contribution in [0.25, 0.3) is 22.2 Å². The Morgan fingerprint density at radius 1 is 1.12 bits per heavy atom. The van der Waals surface area contributed by atoms with Crippen LogP contribution in [0.5, 0.6) is 0 Å². The highest BCUT2D eigenvalue weighted by molar-refractivity contribution is 7.08. The van der Waals surface area contributed by atoms with Gasteiger partial charge in [-0.05, 0) is 60.5 Å². The summed E-state index contributed by atoms with van der Waals surface area (Å²) < 4.78 is 2.28. The van der Waals surface area contributed by atoms with E-state index in [2.05, 4.69) is 73.2 Å². The van der Waals surface area contributed by atoms with E-state index in [-0.39, 0.29) is 0 Å². The van der Waals surface area contributed by atoms with Gasteiger partial charge in [-0.2, -0.15) is 16.6 Å². The largest absolute Gasteiger partial charge is 0.340 e. The van der Waals surface area contributed by atoms with Gasteiger partial charge in [0.05, 0.1) is 5.69 Å². The molecular formula is C25H24N6O2S. The highest BCUT2D eigenvalue weighted by atomic mass is 32.1. The van der Waals surface area contributed by atoms with Crippen molar-refractivity contribution in [3.05, 3.63) is 87.4 Å². The number of carbonyl (C=O) groups excluding carboxylic acids is 1. The molecule has 0 atom stereocenters. The first-order valence-corrected chi connectivity index (χ1v) is 12.0. The maximum Gasteiger partial charge on any atom is 0.274 e. The molecule has 0 saturated carbocycles. The molecule has 3 aromatic heterocycles. The van der Waals surface area contributed by atoms with Gasteiger partial charge in [-0.15, -0.1) is 10.2 Å². The fourth-order valence-corrected chi connectivity index (χ4v) is 5.01. The lowest BCUT2D eigenvalue weighted by Crippen LogP contribution is -2.18. The number of aromatic amines is 1. The fraction of sp³-hybridized carbons (Fsp3) is 0.200. The summed E-state index contributed by atoms with van der Waals surface area (Å²) in [5, 5.41) is 28.8. The van der Waals surface area contributed by atoms with Crippen LogP contribution < -0.4 is 5.48 Å². The summed E-state index contributed by atoms with van der Waals surface area (Å²) in [6.07, 6.45) is 2.30. The van der Waals surface area contributed by atoms with Crippen LogP contribution in [-0.2, 0) is 25.8 Å². The zero-order chi connectivity index (χ0) is 23.5. The molecule has 0 aliphatic rings. The number of fused-ring (bicyclic) bond motifs is 1. The molecule has 1 amide bonds. The second-order valence-corrected chi connectivity index (χ2v) is 9.01. The highest BCUT2D eigenvalue weighted by Crippen LogP contribution is 2.36. The lowest BCUT2D eigenvalue weighted by atomic mass is 9.98. The van der Waals surface area contributed by atoms with Crippen molar-refractivity contribution in [3.63, 3.8) is 0 Å². The number of rotatable bonds is 8. The molecule has 2 aromatic carbocycles. The molecule has 0 unspecified atom stereocenters. The molecule has 5 rings (SSSR count). The van der Waals surface area contributed by atoms with E-state index in [1.54, 1.807) is 22.9 Å². The molecule has 0 radical (unpaired) electrons. The van der Waals surface area contributed by atoms with Crippen LogP contribution in [0.3, 0.4) is 0 Å². The van der Waals surface area contributed by atoms with E-state index < -0.39 is 5.91 Å². The minimum absolute atomic E-state index is 0.416. The number of tetrazole rings is 1. The molecule has 3 heterocycles. The SMILES string of the molecule is Cc1ccc(CCc2c(-c3ccsc3)n(CCc3nn[nH]n3)c3ccc(C(=O)NO)cc23)cc1. The van der Waals surface area contributed by atoms with Crippen molar-refractivity contribution in [3.8, 4) is 11.3 Å². The van der Waals surface area contributed by atoms with Gasteiger partial charge in [-0.25, -0.2) is 5.48 Å². The van der Waals surface area contributed by atoms with Gasteiger partial charge in [0.1, 0.15) is 0 Å². The molecule has 34 heavy (non-hydrogen) atoms. The number of aromatic nitrogens is 5. The number of thiophene rings is 1. The topological polar surface area (TPSA) is 109 Å². The predicted molar refractivity (Wildman–Crippen MR) is 131 cm³/mol. The average molecular weight is 473 g/mol. The summed E-state index contributed by atoms with van der Waals surface area (Å²) in [6, 6.07) is 16.3. The van der Waals surface area contributed by atoms with Crippen molar-refractivity contribution >= 4 is 28.1 Å². The Bertz CT molecular complexity index is 1410. The monoisotopic (exact) mass is 472 g/mol. The summed E-state index contributed by atoms with van der Waals surface area (Å²) in [5.41, 5.74) is 9.14. The summed E-state index contributed by atoms with van der Waals surface area (Å²) in [5.74, 6) is 0.124. The van der Waals surface area contributed by atoms with Crippen LogP contribution in [-0.4, -0.2) is 36.3 Å². The lowest BCUT2D eigenvalue weighted by molar-refractivity contribution is 0.0706. The number of nitrogens with one attached hydrogen (secondary N) is 2. The molecule has 5 aromatic rings. The summed E-state index contributed by atoms with van der Waals surface area (Å²) >= 11 is 1.66. The first-order chi connectivity index (χ1) is 16.6. The Balaban J connectivity index is 1.64. The third kappa shape index (κ3) is 4.35. The number of H-pyrrole nitrogens is 1. The lowest BCUT2D eigenvalue weighted by Gasteiger charge is -2.11. The van der Waals surface area contributed by atoms with Crippen LogP contribution in [0.4, 0.5) is 0 Å². The van der Waals surface area contributed by atoms with Gasteiger partial charge in [0, 0.05) is 40.4 Å². The average Bonchev–Trinajstić information content (AvgIpc) is 3.62. The maximum atomic E-state index is 12.2. The van der Waals surface area contributed by atoms with Crippen molar-refractivity contribution < 1.29 is 10.0 Å². The number of carbonyl (C=O) groups is 1. The Morgan fingerprint density at radius 2 is 1.97 bits per heavy atom. The van der Waals surface area contributed by atoms with E-state index in [0.717, 1.165) is 35.0 Å². The van der Waals surface area contributed by atoms with Gasteiger partial charge in [-0.3, -0.25) is 10.0 Å². The Hall–Kier alpha value is -3.82. The van der Waals surface area contributed by atoms with Gasteiger partial charge in [0.2, 0.25) is 0 Å². The third-order valence-corrected chi connectivity index (χ3v) is 6.74. The molecule has 9 heteroatoms. The summed E-state index contributed by atoms with van der Waals surface area (Å²) in [4.78, 5) is 12.2. The van der Waals surface area contributed by atoms with Crippen molar-refractivity contribution in [1.82, 2.24) is 30.7 Å². The van der Waals surface area contributed by atoms with Crippen LogP contribution in [0.1, 0.15) is 32.9 Å². The van der Waals surface area contributed by atoms with Crippen LogP contribution in [0.15, 0.2) is 59.3 Å². The third-order valence-electron chi connectivity index (χ3n) is 6.06. The summed E-state index contributed by atoms with van der Waals surface area (Å²) in [7, 11) is 0. The molecule has 0 fully saturated rings. The number of hydroxylamine groups is 1. The molecule has 0 spiro atoms. The van der Waals surface area contributed by atoms with Gasteiger partial charge in [-0.1, -0.05) is 35.0 Å². The smallest absolute Gasteiger partial charge is 0.274 e. The van der Waals surface area contributed by atoms with E-state index in [9.17, 15) is 10.0 Å².